The van der Waals surface area contributed by atoms with E-state index in [-0.39, 0.29) is 5.91 Å². The number of benzene rings is 2. The smallest absolute Gasteiger partial charge is 0.291 e. The SMILES string of the molecule is Cc1csc(SCc2c(C(=O)Nc3cccc(-c4cnco4)c3)oc3ccccc23)n1. The third-order valence-corrected chi connectivity index (χ3v) is 6.85. The molecule has 0 aliphatic rings. The van der Waals surface area contributed by atoms with Crippen molar-refractivity contribution in [2.45, 2.75) is 17.0 Å². The predicted octanol–water partition coefficient (Wildman–Crippen LogP) is 6.40. The molecule has 0 fully saturated rings. The van der Waals surface area contributed by atoms with Gasteiger partial charge in [-0.15, -0.1) is 11.3 Å². The molecule has 0 aliphatic heterocycles. The standard InChI is InChI=1S/C23H17N3O3S2/c1-14-11-30-23(25-14)31-12-18-17-7-2-3-8-19(17)29-21(18)22(27)26-16-6-4-5-15(9-16)20-10-24-13-28-20/h2-11,13H,12H2,1H3,(H,26,27). The lowest BCUT2D eigenvalue weighted by Gasteiger charge is -2.06. The van der Waals surface area contributed by atoms with Gasteiger partial charge in [0.1, 0.15) is 9.92 Å². The molecule has 1 N–H and O–H groups in total. The summed E-state index contributed by atoms with van der Waals surface area (Å²) >= 11 is 3.20. The zero-order valence-electron chi connectivity index (χ0n) is 16.5. The van der Waals surface area contributed by atoms with Crippen LogP contribution < -0.4 is 5.32 Å². The predicted molar refractivity (Wildman–Crippen MR) is 123 cm³/mol. The summed E-state index contributed by atoms with van der Waals surface area (Å²) in [6, 6.07) is 15.1. The summed E-state index contributed by atoms with van der Waals surface area (Å²) in [7, 11) is 0. The van der Waals surface area contributed by atoms with Gasteiger partial charge in [-0.1, -0.05) is 42.1 Å². The van der Waals surface area contributed by atoms with Gasteiger partial charge in [0, 0.05) is 39.0 Å². The number of hydrogen-bond donors (Lipinski definition) is 1. The summed E-state index contributed by atoms with van der Waals surface area (Å²) < 4.78 is 12.3. The van der Waals surface area contributed by atoms with Gasteiger partial charge in [0.2, 0.25) is 0 Å². The molecule has 31 heavy (non-hydrogen) atoms. The molecule has 0 saturated heterocycles. The Kier molecular flexibility index (Phi) is 5.31. The fourth-order valence-corrected chi connectivity index (χ4v) is 5.13. The second kappa shape index (κ2) is 8.41. The molecule has 1 amide bonds. The van der Waals surface area contributed by atoms with Crippen molar-refractivity contribution >= 4 is 45.7 Å². The zero-order valence-corrected chi connectivity index (χ0v) is 18.1. The first-order chi connectivity index (χ1) is 15.2. The van der Waals surface area contributed by atoms with Gasteiger partial charge in [0.15, 0.2) is 17.9 Å². The highest BCUT2D eigenvalue weighted by Gasteiger charge is 2.21. The first-order valence-corrected chi connectivity index (χ1v) is 11.4. The molecule has 3 aromatic heterocycles. The fourth-order valence-electron chi connectivity index (χ4n) is 3.25. The van der Waals surface area contributed by atoms with Crippen molar-refractivity contribution in [2.75, 3.05) is 5.32 Å². The molecule has 6 nitrogen and oxygen atoms in total. The Hall–Kier alpha value is -3.36. The monoisotopic (exact) mass is 447 g/mol. The molecule has 0 unspecified atom stereocenters. The molecule has 0 saturated carbocycles. The molecule has 5 rings (SSSR count). The molecule has 2 aromatic carbocycles. The average Bonchev–Trinajstić information content (AvgIpc) is 3.52. The lowest BCUT2D eigenvalue weighted by Crippen LogP contribution is -2.12. The van der Waals surface area contributed by atoms with E-state index in [4.69, 9.17) is 8.83 Å². The second-order valence-corrected chi connectivity index (χ2v) is 8.93. The van der Waals surface area contributed by atoms with Gasteiger partial charge in [0.05, 0.1) is 6.20 Å². The van der Waals surface area contributed by atoms with E-state index < -0.39 is 0 Å². The van der Waals surface area contributed by atoms with E-state index in [1.54, 1.807) is 29.3 Å². The van der Waals surface area contributed by atoms with Crippen LogP contribution in [0.3, 0.4) is 0 Å². The molecule has 5 aromatic rings. The number of aromatic nitrogens is 2. The Morgan fingerprint density at radius 3 is 2.90 bits per heavy atom. The number of amides is 1. The topological polar surface area (TPSA) is 81.2 Å². The maximum absolute atomic E-state index is 13.2. The number of hydrogen-bond acceptors (Lipinski definition) is 7. The van der Waals surface area contributed by atoms with Crippen molar-refractivity contribution in [3.05, 3.63) is 83.5 Å². The minimum atomic E-state index is -0.295. The van der Waals surface area contributed by atoms with Crippen LogP contribution in [0, 0.1) is 6.92 Å². The Bertz CT molecular complexity index is 1360. The summed E-state index contributed by atoms with van der Waals surface area (Å²) in [5.41, 5.74) is 4.02. The third-order valence-electron chi connectivity index (χ3n) is 4.68. The molecule has 0 atom stereocenters. The molecule has 0 bridgehead atoms. The summed E-state index contributed by atoms with van der Waals surface area (Å²) in [5, 5.41) is 5.90. The molecule has 0 aliphatic carbocycles. The highest BCUT2D eigenvalue weighted by atomic mass is 32.2. The van der Waals surface area contributed by atoms with E-state index in [1.807, 2.05) is 60.8 Å². The van der Waals surface area contributed by atoms with E-state index in [2.05, 4.69) is 15.3 Å². The van der Waals surface area contributed by atoms with Crippen molar-refractivity contribution in [2.24, 2.45) is 0 Å². The van der Waals surface area contributed by atoms with Gasteiger partial charge >= 0.3 is 0 Å². The minimum Gasteiger partial charge on any atom is -0.451 e. The largest absolute Gasteiger partial charge is 0.451 e. The average molecular weight is 448 g/mol. The van der Waals surface area contributed by atoms with E-state index in [9.17, 15) is 4.79 Å². The van der Waals surface area contributed by atoms with Gasteiger partial charge < -0.3 is 14.2 Å². The number of para-hydroxylation sites is 1. The maximum Gasteiger partial charge on any atom is 0.291 e. The Morgan fingerprint density at radius 1 is 1.19 bits per heavy atom. The minimum absolute atomic E-state index is 0.295. The van der Waals surface area contributed by atoms with Gasteiger partial charge in [-0.25, -0.2) is 9.97 Å². The van der Waals surface area contributed by atoms with Crippen LogP contribution in [0.15, 0.2) is 79.7 Å². The van der Waals surface area contributed by atoms with Crippen molar-refractivity contribution < 1.29 is 13.6 Å². The number of fused-ring (bicyclic) bond motifs is 1. The van der Waals surface area contributed by atoms with E-state index in [0.717, 1.165) is 26.5 Å². The summed E-state index contributed by atoms with van der Waals surface area (Å²) in [5.74, 6) is 1.24. The van der Waals surface area contributed by atoms with Crippen LogP contribution in [0.2, 0.25) is 0 Å². The number of rotatable bonds is 6. The molecular weight excluding hydrogens is 430 g/mol. The number of oxazole rings is 1. The quantitative estimate of drug-likeness (QED) is 0.303. The number of nitrogens with zero attached hydrogens (tertiary/aromatic N) is 2. The number of aryl methyl sites for hydroxylation is 1. The van der Waals surface area contributed by atoms with Crippen LogP contribution in [0.5, 0.6) is 0 Å². The van der Waals surface area contributed by atoms with Crippen LogP contribution in [-0.2, 0) is 5.75 Å². The molecule has 154 valence electrons. The van der Waals surface area contributed by atoms with Crippen molar-refractivity contribution in [1.29, 1.82) is 0 Å². The number of furan rings is 1. The molecule has 3 heterocycles. The fraction of sp³-hybridized carbons (Fsp3) is 0.0870. The highest BCUT2D eigenvalue weighted by molar-refractivity contribution is 8.00. The Labute approximate surface area is 186 Å². The summed E-state index contributed by atoms with van der Waals surface area (Å²) in [6.45, 7) is 1.97. The van der Waals surface area contributed by atoms with Crippen LogP contribution in [0.1, 0.15) is 21.8 Å². The van der Waals surface area contributed by atoms with E-state index in [0.29, 0.717) is 28.5 Å². The Morgan fingerprint density at radius 2 is 2.10 bits per heavy atom. The number of thiazole rings is 1. The van der Waals surface area contributed by atoms with Crippen LogP contribution in [0.4, 0.5) is 5.69 Å². The van der Waals surface area contributed by atoms with Crippen LogP contribution >= 0.6 is 23.1 Å². The zero-order chi connectivity index (χ0) is 21.2. The normalized spacial score (nSPS) is 11.1. The maximum atomic E-state index is 13.2. The molecular formula is C23H17N3O3S2. The molecule has 8 heteroatoms. The Balaban J connectivity index is 1.44. The van der Waals surface area contributed by atoms with Gasteiger partial charge in [0.25, 0.3) is 5.91 Å². The first-order valence-electron chi connectivity index (χ1n) is 9.53. The lowest BCUT2D eigenvalue weighted by molar-refractivity contribution is 0.0998. The van der Waals surface area contributed by atoms with Crippen molar-refractivity contribution in [3.63, 3.8) is 0 Å². The third kappa shape index (κ3) is 4.12. The van der Waals surface area contributed by atoms with Crippen molar-refractivity contribution in [1.82, 2.24) is 9.97 Å². The van der Waals surface area contributed by atoms with Crippen LogP contribution in [-0.4, -0.2) is 15.9 Å². The van der Waals surface area contributed by atoms with Crippen LogP contribution in [0.25, 0.3) is 22.3 Å². The molecule has 0 spiro atoms. The number of carbonyl (C=O) groups excluding carboxylic acids is 1. The number of thioether (sulfide) groups is 1. The van der Waals surface area contributed by atoms with Gasteiger partial charge in [-0.2, -0.15) is 0 Å². The number of anilines is 1. The molecule has 0 radical (unpaired) electrons. The summed E-state index contributed by atoms with van der Waals surface area (Å²) in [4.78, 5) is 21.6. The number of nitrogens with one attached hydrogen (secondary N) is 1. The highest BCUT2D eigenvalue weighted by Crippen LogP contribution is 2.34. The second-order valence-electron chi connectivity index (χ2n) is 6.85. The lowest BCUT2D eigenvalue weighted by atomic mass is 10.1. The number of carbonyl (C=O) groups is 1. The first kappa shape index (κ1) is 19.6. The summed E-state index contributed by atoms with van der Waals surface area (Å²) in [6.07, 6.45) is 3.01. The van der Waals surface area contributed by atoms with E-state index >= 15 is 0 Å². The van der Waals surface area contributed by atoms with E-state index in [1.165, 1.54) is 6.39 Å². The van der Waals surface area contributed by atoms with Crippen molar-refractivity contribution in [3.8, 4) is 11.3 Å². The van der Waals surface area contributed by atoms with Gasteiger partial charge in [-0.05, 0) is 25.1 Å². The van der Waals surface area contributed by atoms with Gasteiger partial charge in [-0.3, -0.25) is 4.79 Å².